The van der Waals surface area contributed by atoms with Crippen molar-refractivity contribution in [2.24, 2.45) is 0 Å². The molecule has 102 valence electrons. The van der Waals surface area contributed by atoms with Crippen LogP contribution < -0.4 is 11.2 Å². The maximum atomic E-state index is 12.0. The van der Waals surface area contributed by atoms with Gasteiger partial charge in [0, 0.05) is 19.2 Å². The summed E-state index contributed by atoms with van der Waals surface area (Å²) in [5.74, 6) is -2.10. The van der Waals surface area contributed by atoms with Crippen molar-refractivity contribution in [3.05, 3.63) is 32.6 Å². The first kappa shape index (κ1) is 13.0. The topological polar surface area (TPSA) is 144 Å². The fraction of sp³-hybridized carbons (Fsp3) is 0.400. The number of rotatable bonds is 2. The molecular weight excluding hydrogens is 258 g/mol. The molecule has 9 heteroatoms. The van der Waals surface area contributed by atoms with Gasteiger partial charge in [-0.1, -0.05) is 0 Å². The third-order valence-electron chi connectivity index (χ3n) is 2.87. The Morgan fingerprint density at radius 2 is 2.05 bits per heavy atom. The van der Waals surface area contributed by atoms with Crippen LogP contribution in [0.15, 0.2) is 15.8 Å². The molecule has 0 spiro atoms. The zero-order valence-corrected chi connectivity index (χ0v) is 9.62. The van der Waals surface area contributed by atoms with Crippen molar-refractivity contribution in [1.82, 2.24) is 14.9 Å². The second-order valence-corrected chi connectivity index (χ2v) is 4.19. The number of likely N-dealkylation sites (tertiary alicyclic amines) is 1. The summed E-state index contributed by atoms with van der Waals surface area (Å²) in [6.45, 7) is -0.172. The van der Waals surface area contributed by atoms with Crippen molar-refractivity contribution in [2.45, 2.75) is 18.6 Å². The Morgan fingerprint density at radius 1 is 1.37 bits per heavy atom. The Hall–Kier alpha value is -2.42. The summed E-state index contributed by atoms with van der Waals surface area (Å²) in [5, 5.41) is 18.4. The third-order valence-corrected chi connectivity index (χ3v) is 2.87. The number of aliphatic hydroxyl groups is 1. The molecule has 2 atom stereocenters. The van der Waals surface area contributed by atoms with Crippen LogP contribution in [0.3, 0.4) is 0 Å². The summed E-state index contributed by atoms with van der Waals surface area (Å²) in [5.41, 5.74) is -2.04. The number of nitrogens with zero attached hydrogens (tertiary/aromatic N) is 1. The van der Waals surface area contributed by atoms with E-state index < -0.39 is 35.3 Å². The van der Waals surface area contributed by atoms with Crippen LogP contribution in [0, 0.1) is 0 Å². The van der Waals surface area contributed by atoms with Gasteiger partial charge >= 0.3 is 11.7 Å². The Kier molecular flexibility index (Phi) is 3.21. The minimum Gasteiger partial charge on any atom is -0.480 e. The molecule has 1 fully saturated rings. The molecule has 0 aliphatic carbocycles. The first-order chi connectivity index (χ1) is 8.90. The Labute approximate surface area is 105 Å². The monoisotopic (exact) mass is 269 g/mol. The van der Waals surface area contributed by atoms with Crippen molar-refractivity contribution in [2.75, 3.05) is 6.54 Å². The SMILES string of the molecule is O=C(O)C1CC(O)CN1C(=O)c1c[nH]c(=O)[nH]c1=O. The molecule has 0 bridgehead atoms. The van der Waals surface area contributed by atoms with Gasteiger partial charge in [0.25, 0.3) is 11.5 Å². The molecule has 0 radical (unpaired) electrons. The number of aliphatic carboxylic acids is 1. The van der Waals surface area contributed by atoms with Gasteiger partial charge in [-0.05, 0) is 0 Å². The van der Waals surface area contributed by atoms with Crippen molar-refractivity contribution >= 4 is 11.9 Å². The van der Waals surface area contributed by atoms with Gasteiger partial charge in [0.05, 0.1) is 6.10 Å². The van der Waals surface area contributed by atoms with Gasteiger partial charge in [0.1, 0.15) is 11.6 Å². The minimum atomic E-state index is -1.26. The van der Waals surface area contributed by atoms with E-state index in [9.17, 15) is 24.3 Å². The molecule has 2 heterocycles. The highest BCUT2D eigenvalue weighted by Crippen LogP contribution is 2.19. The van der Waals surface area contributed by atoms with Crippen LogP contribution in [0.1, 0.15) is 16.8 Å². The number of carboxylic acid groups (broad SMARTS) is 1. The molecule has 1 saturated heterocycles. The van der Waals surface area contributed by atoms with Gasteiger partial charge in [-0.2, -0.15) is 0 Å². The molecule has 1 aromatic rings. The minimum absolute atomic E-state index is 0.0949. The molecule has 1 aliphatic rings. The molecule has 9 nitrogen and oxygen atoms in total. The summed E-state index contributed by atoms with van der Waals surface area (Å²) in [4.78, 5) is 50.2. The Morgan fingerprint density at radius 3 is 2.63 bits per heavy atom. The van der Waals surface area contributed by atoms with Gasteiger partial charge in [-0.15, -0.1) is 0 Å². The van der Waals surface area contributed by atoms with Crippen LogP contribution in [-0.4, -0.2) is 55.6 Å². The second-order valence-electron chi connectivity index (χ2n) is 4.19. The quantitative estimate of drug-likeness (QED) is 0.476. The highest BCUT2D eigenvalue weighted by atomic mass is 16.4. The normalized spacial score (nSPS) is 22.5. The van der Waals surface area contributed by atoms with E-state index in [4.69, 9.17) is 5.11 Å². The summed E-state index contributed by atoms with van der Waals surface area (Å²) < 4.78 is 0. The maximum absolute atomic E-state index is 12.0. The molecule has 0 aromatic carbocycles. The number of aromatic nitrogens is 2. The molecule has 2 unspecified atom stereocenters. The van der Waals surface area contributed by atoms with Crippen molar-refractivity contribution in [3.63, 3.8) is 0 Å². The molecule has 1 aliphatic heterocycles. The zero-order chi connectivity index (χ0) is 14.2. The first-order valence-electron chi connectivity index (χ1n) is 5.44. The van der Waals surface area contributed by atoms with Crippen molar-refractivity contribution in [1.29, 1.82) is 0 Å². The molecular formula is C10H11N3O6. The van der Waals surface area contributed by atoms with E-state index in [0.29, 0.717) is 0 Å². The number of carboxylic acids is 1. The molecule has 0 saturated carbocycles. The average molecular weight is 269 g/mol. The van der Waals surface area contributed by atoms with Crippen LogP contribution in [0.25, 0.3) is 0 Å². The van der Waals surface area contributed by atoms with Crippen molar-refractivity contribution in [3.8, 4) is 0 Å². The van der Waals surface area contributed by atoms with E-state index in [2.05, 4.69) is 4.98 Å². The number of aromatic amines is 2. The number of carbonyl (C=O) groups excluding carboxylic acids is 1. The fourth-order valence-electron chi connectivity index (χ4n) is 2.00. The number of nitrogens with one attached hydrogen (secondary N) is 2. The number of carbonyl (C=O) groups is 2. The molecule has 1 aromatic heterocycles. The number of amides is 1. The molecule has 19 heavy (non-hydrogen) atoms. The molecule has 1 amide bonds. The zero-order valence-electron chi connectivity index (χ0n) is 9.62. The Bertz CT molecular complexity index is 633. The van der Waals surface area contributed by atoms with E-state index in [1.54, 1.807) is 0 Å². The number of β-amino-alcohol motifs (C(OH)–C–C–N with tert-alkyl or cyclic N) is 1. The highest BCUT2D eigenvalue weighted by molar-refractivity contribution is 5.96. The van der Waals surface area contributed by atoms with E-state index in [0.717, 1.165) is 11.1 Å². The van der Waals surface area contributed by atoms with E-state index in [-0.39, 0.29) is 18.5 Å². The number of hydrogen-bond acceptors (Lipinski definition) is 5. The standard InChI is InChI=1S/C10H11N3O6/c14-4-1-6(9(17)18)13(3-4)8(16)5-2-11-10(19)12-7(5)15/h2,4,6,14H,1,3H2,(H,17,18)(H2,11,12,15,19). The van der Waals surface area contributed by atoms with Gasteiger partial charge in [-0.3, -0.25) is 14.6 Å². The summed E-state index contributed by atoms with van der Waals surface area (Å²) in [7, 11) is 0. The third kappa shape index (κ3) is 2.40. The first-order valence-corrected chi connectivity index (χ1v) is 5.44. The van der Waals surface area contributed by atoms with Crippen LogP contribution in [0.5, 0.6) is 0 Å². The van der Waals surface area contributed by atoms with E-state index >= 15 is 0 Å². The number of H-pyrrole nitrogens is 2. The lowest BCUT2D eigenvalue weighted by Crippen LogP contribution is -2.43. The van der Waals surface area contributed by atoms with Gasteiger partial charge < -0.3 is 20.1 Å². The lowest BCUT2D eigenvalue weighted by molar-refractivity contribution is -0.141. The average Bonchev–Trinajstić information content (AvgIpc) is 2.70. The van der Waals surface area contributed by atoms with Gasteiger partial charge in [0.15, 0.2) is 0 Å². The summed E-state index contributed by atoms with van der Waals surface area (Å²) in [6.07, 6.45) is -0.123. The predicted molar refractivity (Wildman–Crippen MR) is 60.8 cm³/mol. The summed E-state index contributed by atoms with van der Waals surface area (Å²) >= 11 is 0. The van der Waals surface area contributed by atoms with Crippen LogP contribution in [0.4, 0.5) is 0 Å². The van der Waals surface area contributed by atoms with Crippen LogP contribution >= 0.6 is 0 Å². The largest absolute Gasteiger partial charge is 0.480 e. The second kappa shape index (κ2) is 4.69. The number of aliphatic hydroxyl groups excluding tert-OH is 1. The number of hydrogen-bond donors (Lipinski definition) is 4. The van der Waals surface area contributed by atoms with Crippen molar-refractivity contribution < 1.29 is 19.8 Å². The Balaban J connectivity index is 2.35. The predicted octanol–water partition coefficient (Wildman–Crippen LogP) is -2.28. The summed E-state index contributed by atoms with van der Waals surface area (Å²) in [6, 6.07) is -1.19. The molecule has 2 rings (SSSR count). The lowest BCUT2D eigenvalue weighted by Gasteiger charge is -2.20. The smallest absolute Gasteiger partial charge is 0.326 e. The molecule has 4 N–H and O–H groups in total. The van der Waals surface area contributed by atoms with E-state index in [1.807, 2.05) is 4.98 Å². The van der Waals surface area contributed by atoms with Crippen LogP contribution in [0.2, 0.25) is 0 Å². The van der Waals surface area contributed by atoms with E-state index in [1.165, 1.54) is 0 Å². The fourth-order valence-corrected chi connectivity index (χ4v) is 2.00. The van der Waals surface area contributed by atoms with Crippen LogP contribution in [-0.2, 0) is 4.79 Å². The highest BCUT2D eigenvalue weighted by Gasteiger charge is 2.39. The van der Waals surface area contributed by atoms with Gasteiger partial charge in [0.2, 0.25) is 0 Å². The lowest BCUT2D eigenvalue weighted by atomic mass is 10.2. The van der Waals surface area contributed by atoms with Gasteiger partial charge in [-0.25, -0.2) is 9.59 Å². The maximum Gasteiger partial charge on any atom is 0.326 e.